The van der Waals surface area contributed by atoms with Crippen molar-refractivity contribution in [3.8, 4) is 0 Å². The van der Waals surface area contributed by atoms with Crippen molar-refractivity contribution in [1.82, 2.24) is 9.97 Å². The molecule has 0 atom stereocenters. The second-order valence-electron chi connectivity index (χ2n) is 6.38. The van der Waals surface area contributed by atoms with Crippen LogP contribution in [-0.4, -0.2) is 34.2 Å². The third-order valence-corrected chi connectivity index (χ3v) is 7.57. The summed E-state index contributed by atoms with van der Waals surface area (Å²) >= 11 is 3.95. The summed E-state index contributed by atoms with van der Waals surface area (Å²) in [4.78, 5) is 46.9. The number of nitrogens with one attached hydrogen (secondary N) is 2. The SMILES string of the molecule is CCOC(=O)c1c(NC(=O)CSc2nc3sc(C)c(C)c3c(=O)[nH]2)sc(C)c1C. The third kappa shape index (κ3) is 4.39. The Morgan fingerprint density at radius 2 is 1.83 bits per heavy atom. The molecule has 0 saturated carbocycles. The average Bonchev–Trinajstić information content (AvgIpc) is 3.09. The Hall–Kier alpha value is -2.17. The molecule has 0 aliphatic carbocycles. The monoisotopic (exact) mass is 451 g/mol. The summed E-state index contributed by atoms with van der Waals surface area (Å²) in [6.45, 7) is 9.58. The number of thiophene rings is 2. The summed E-state index contributed by atoms with van der Waals surface area (Å²) in [5, 5.41) is 4.26. The molecular weight excluding hydrogens is 430 g/mol. The van der Waals surface area contributed by atoms with Crippen molar-refractivity contribution in [3.05, 3.63) is 36.8 Å². The molecular formula is C19H21N3O4S3. The first kappa shape index (κ1) is 21.5. The van der Waals surface area contributed by atoms with Crippen molar-refractivity contribution in [2.45, 2.75) is 39.8 Å². The molecule has 0 fully saturated rings. The molecule has 0 aliphatic rings. The molecule has 0 bridgehead atoms. The van der Waals surface area contributed by atoms with Crippen LogP contribution in [0.4, 0.5) is 5.00 Å². The van der Waals surface area contributed by atoms with Gasteiger partial charge in [0.25, 0.3) is 5.56 Å². The number of hydrogen-bond acceptors (Lipinski definition) is 8. The van der Waals surface area contributed by atoms with E-state index in [1.54, 1.807) is 6.92 Å². The van der Waals surface area contributed by atoms with Gasteiger partial charge in [0, 0.05) is 9.75 Å². The van der Waals surface area contributed by atoms with E-state index in [2.05, 4.69) is 15.3 Å². The van der Waals surface area contributed by atoms with Crippen molar-refractivity contribution in [2.24, 2.45) is 0 Å². The van der Waals surface area contributed by atoms with Gasteiger partial charge in [0.15, 0.2) is 5.16 Å². The van der Waals surface area contributed by atoms with E-state index < -0.39 is 5.97 Å². The number of aryl methyl sites for hydroxylation is 3. The highest BCUT2D eigenvalue weighted by Gasteiger charge is 2.22. The number of aromatic amines is 1. The van der Waals surface area contributed by atoms with Crippen molar-refractivity contribution >= 4 is 61.5 Å². The lowest BCUT2D eigenvalue weighted by atomic mass is 10.1. The van der Waals surface area contributed by atoms with Gasteiger partial charge >= 0.3 is 5.97 Å². The van der Waals surface area contributed by atoms with E-state index in [1.165, 1.54) is 22.7 Å². The first-order valence-corrected chi connectivity index (χ1v) is 11.5. The van der Waals surface area contributed by atoms with Crippen molar-refractivity contribution in [2.75, 3.05) is 17.7 Å². The predicted octanol–water partition coefficient (Wildman–Crippen LogP) is 4.19. The lowest BCUT2D eigenvalue weighted by Gasteiger charge is -2.07. The van der Waals surface area contributed by atoms with Crippen LogP contribution in [-0.2, 0) is 9.53 Å². The number of aromatic nitrogens is 2. The van der Waals surface area contributed by atoms with Crippen molar-refractivity contribution < 1.29 is 14.3 Å². The number of H-pyrrole nitrogens is 1. The Morgan fingerprint density at radius 1 is 1.14 bits per heavy atom. The van der Waals surface area contributed by atoms with Gasteiger partial charge in [-0.3, -0.25) is 9.59 Å². The fourth-order valence-corrected chi connectivity index (χ4v) is 5.58. The molecule has 3 aromatic heterocycles. The molecule has 0 aliphatic heterocycles. The molecule has 10 heteroatoms. The number of carbonyl (C=O) groups is 2. The van der Waals surface area contributed by atoms with E-state index in [0.29, 0.717) is 25.9 Å². The Balaban J connectivity index is 1.74. The second kappa shape index (κ2) is 8.68. The summed E-state index contributed by atoms with van der Waals surface area (Å²) < 4.78 is 5.10. The number of rotatable bonds is 6. The molecule has 0 aromatic carbocycles. The molecule has 7 nitrogen and oxygen atoms in total. The van der Waals surface area contributed by atoms with Crippen LogP contribution in [0.5, 0.6) is 0 Å². The summed E-state index contributed by atoms with van der Waals surface area (Å²) in [5.74, 6) is -0.684. The molecule has 29 heavy (non-hydrogen) atoms. The van der Waals surface area contributed by atoms with Gasteiger partial charge in [-0.05, 0) is 45.7 Å². The maximum Gasteiger partial charge on any atom is 0.341 e. The Bertz CT molecular complexity index is 1160. The number of anilines is 1. The minimum atomic E-state index is -0.447. The fraction of sp³-hybridized carbons (Fsp3) is 0.368. The molecule has 3 rings (SSSR count). The predicted molar refractivity (Wildman–Crippen MR) is 119 cm³/mol. The van der Waals surface area contributed by atoms with Crippen LogP contribution >= 0.6 is 34.4 Å². The maximum atomic E-state index is 12.5. The number of fused-ring (bicyclic) bond motifs is 1. The summed E-state index contributed by atoms with van der Waals surface area (Å²) in [7, 11) is 0. The fourth-order valence-electron chi connectivity index (χ4n) is 2.76. The van der Waals surface area contributed by atoms with Crippen LogP contribution in [0.25, 0.3) is 10.2 Å². The number of esters is 1. The number of nitrogens with zero attached hydrogens (tertiary/aromatic N) is 1. The second-order valence-corrected chi connectivity index (χ2v) is 9.77. The molecule has 3 heterocycles. The first-order chi connectivity index (χ1) is 13.7. The van der Waals surface area contributed by atoms with Crippen LogP contribution in [0.1, 0.15) is 38.2 Å². The van der Waals surface area contributed by atoms with E-state index in [1.807, 2.05) is 27.7 Å². The first-order valence-electron chi connectivity index (χ1n) is 8.92. The Morgan fingerprint density at radius 3 is 2.52 bits per heavy atom. The highest BCUT2D eigenvalue weighted by atomic mass is 32.2. The molecule has 0 unspecified atom stereocenters. The minimum absolute atomic E-state index is 0.0516. The van der Waals surface area contributed by atoms with Gasteiger partial charge in [0.05, 0.1) is 23.3 Å². The highest BCUT2D eigenvalue weighted by Crippen LogP contribution is 2.33. The molecule has 2 N–H and O–H groups in total. The number of thioether (sulfide) groups is 1. The summed E-state index contributed by atoms with van der Waals surface area (Å²) in [6.07, 6.45) is 0. The third-order valence-electron chi connectivity index (χ3n) is 4.48. The van der Waals surface area contributed by atoms with Crippen LogP contribution in [0, 0.1) is 27.7 Å². The summed E-state index contributed by atoms with van der Waals surface area (Å²) in [5.41, 5.74) is 1.93. The Labute approximate surface area is 179 Å². The van der Waals surface area contributed by atoms with Gasteiger partial charge in [-0.2, -0.15) is 0 Å². The molecule has 3 aromatic rings. The normalized spacial score (nSPS) is 11.1. The number of amides is 1. The molecule has 0 radical (unpaired) electrons. The minimum Gasteiger partial charge on any atom is -0.462 e. The molecule has 1 amide bonds. The van der Waals surface area contributed by atoms with E-state index in [0.717, 1.165) is 32.6 Å². The number of carbonyl (C=O) groups excluding carboxylic acids is 2. The molecule has 0 spiro atoms. The molecule has 0 saturated heterocycles. The average molecular weight is 452 g/mol. The van der Waals surface area contributed by atoms with Gasteiger partial charge in [-0.15, -0.1) is 22.7 Å². The standard InChI is InChI=1S/C19H21N3O4S3/c1-6-26-18(25)14-9(3)11(5)29-17(14)20-12(23)7-27-19-21-15(24)13-8(2)10(4)28-16(13)22-19/h6-7H2,1-5H3,(H,20,23)(H,21,22,24). The van der Waals surface area contributed by atoms with Gasteiger partial charge in [0.1, 0.15) is 9.83 Å². The number of ether oxygens (including phenoxy) is 1. The van der Waals surface area contributed by atoms with Gasteiger partial charge < -0.3 is 15.0 Å². The van der Waals surface area contributed by atoms with Crippen molar-refractivity contribution in [1.29, 1.82) is 0 Å². The van der Waals surface area contributed by atoms with E-state index in [4.69, 9.17) is 4.74 Å². The maximum absolute atomic E-state index is 12.5. The quantitative estimate of drug-likeness (QED) is 0.331. The number of hydrogen-bond donors (Lipinski definition) is 2. The highest BCUT2D eigenvalue weighted by molar-refractivity contribution is 7.99. The Kier molecular flexibility index (Phi) is 6.45. The zero-order valence-electron chi connectivity index (χ0n) is 16.7. The van der Waals surface area contributed by atoms with Gasteiger partial charge in [-0.1, -0.05) is 11.8 Å². The van der Waals surface area contributed by atoms with Crippen molar-refractivity contribution in [3.63, 3.8) is 0 Å². The van der Waals surface area contributed by atoms with Gasteiger partial charge in [-0.25, -0.2) is 9.78 Å². The van der Waals surface area contributed by atoms with E-state index in [9.17, 15) is 14.4 Å². The zero-order chi connectivity index (χ0) is 21.3. The summed E-state index contributed by atoms with van der Waals surface area (Å²) in [6, 6.07) is 0. The van der Waals surface area contributed by atoms with Crippen LogP contribution in [0.15, 0.2) is 9.95 Å². The smallest absolute Gasteiger partial charge is 0.341 e. The molecule has 154 valence electrons. The largest absolute Gasteiger partial charge is 0.462 e. The topological polar surface area (TPSA) is 101 Å². The lowest BCUT2D eigenvalue weighted by Crippen LogP contribution is -2.17. The lowest BCUT2D eigenvalue weighted by molar-refractivity contribution is -0.113. The van der Waals surface area contributed by atoms with E-state index >= 15 is 0 Å². The van der Waals surface area contributed by atoms with E-state index in [-0.39, 0.29) is 23.8 Å². The van der Waals surface area contributed by atoms with Crippen LogP contribution < -0.4 is 10.9 Å². The van der Waals surface area contributed by atoms with Gasteiger partial charge in [0.2, 0.25) is 5.91 Å². The van der Waals surface area contributed by atoms with Crippen LogP contribution in [0.2, 0.25) is 0 Å². The van der Waals surface area contributed by atoms with Crippen LogP contribution in [0.3, 0.4) is 0 Å². The zero-order valence-corrected chi connectivity index (χ0v) is 19.2.